The first-order valence-corrected chi connectivity index (χ1v) is 12.5. The van der Waals surface area contributed by atoms with Gasteiger partial charge in [0.25, 0.3) is 15.9 Å². The highest BCUT2D eigenvalue weighted by molar-refractivity contribution is 7.90. The molecule has 2 aromatic heterocycles. The summed E-state index contributed by atoms with van der Waals surface area (Å²) in [5.41, 5.74) is 0.0515. The molecule has 1 atom stereocenters. The summed E-state index contributed by atoms with van der Waals surface area (Å²) in [6.07, 6.45) is 2.49. The molecule has 35 heavy (non-hydrogen) atoms. The molecule has 3 heterocycles. The van der Waals surface area contributed by atoms with E-state index in [0.29, 0.717) is 18.3 Å². The smallest absolute Gasteiger partial charge is 0.281 e. The Labute approximate surface area is 202 Å². The van der Waals surface area contributed by atoms with Gasteiger partial charge < -0.3 is 10.2 Å². The molecular weight excluding hydrogens is 476 g/mol. The van der Waals surface area contributed by atoms with E-state index in [0.717, 1.165) is 18.6 Å². The van der Waals surface area contributed by atoms with Crippen LogP contribution in [0.15, 0.2) is 59.8 Å². The number of amides is 1. The van der Waals surface area contributed by atoms with Crippen LogP contribution in [-0.2, 0) is 10.0 Å². The number of halogens is 2. The number of carbonyl (C=O) groups excluding carboxylic acids is 1. The average Bonchev–Trinajstić information content (AvgIpc) is 3.08. The van der Waals surface area contributed by atoms with E-state index in [2.05, 4.69) is 40.8 Å². The third kappa shape index (κ3) is 4.95. The van der Waals surface area contributed by atoms with Gasteiger partial charge in [-0.05, 0) is 62.6 Å². The second-order valence-electron chi connectivity index (χ2n) is 8.92. The summed E-state index contributed by atoms with van der Waals surface area (Å²) in [6, 6.07) is 10.3. The Morgan fingerprint density at radius 2 is 1.89 bits per heavy atom. The maximum absolute atomic E-state index is 13.5. The highest BCUT2D eigenvalue weighted by Gasteiger charge is 2.40. The first kappa shape index (κ1) is 24.5. The van der Waals surface area contributed by atoms with E-state index in [-0.39, 0.29) is 22.6 Å². The summed E-state index contributed by atoms with van der Waals surface area (Å²) >= 11 is 0. The van der Waals surface area contributed by atoms with Crippen molar-refractivity contribution in [3.8, 4) is 0 Å². The maximum Gasteiger partial charge on any atom is 0.281 e. The van der Waals surface area contributed by atoms with Crippen LogP contribution in [0, 0.1) is 17.6 Å². The summed E-state index contributed by atoms with van der Waals surface area (Å²) in [7, 11) is -4.35. The van der Waals surface area contributed by atoms with Gasteiger partial charge in [0.1, 0.15) is 11.6 Å². The fraction of sp³-hybridized carbons (Fsp3) is 0.292. The zero-order valence-corrected chi connectivity index (χ0v) is 20.2. The molecule has 3 aromatic rings. The van der Waals surface area contributed by atoms with Gasteiger partial charge in [0.2, 0.25) is 0 Å². The molecule has 1 aliphatic heterocycles. The molecule has 0 aliphatic carbocycles. The van der Waals surface area contributed by atoms with Gasteiger partial charge in [-0.15, -0.1) is 0 Å². The molecule has 8 nitrogen and oxygen atoms in total. The van der Waals surface area contributed by atoms with Crippen molar-refractivity contribution in [3.05, 3.63) is 71.9 Å². The molecule has 1 aliphatic rings. The molecule has 1 aromatic carbocycles. The standard InChI is InChI=1S/C24H25F2N5O3S/c1-15-11-13-31(24(15,2)3)22-17(6-5-12-27-22)23(32)30-35(33,34)21-8-4-7-20(29-21)28-16-9-10-18(25)19(26)14-16/h4-10,12,14-15H,11,13H2,1-3H3,(H,28,29)(H,30,32). The quantitative estimate of drug-likeness (QED) is 0.521. The van der Waals surface area contributed by atoms with Crippen molar-refractivity contribution in [2.24, 2.45) is 5.92 Å². The number of nitrogens with zero attached hydrogens (tertiary/aromatic N) is 3. The van der Waals surface area contributed by atoms with E-state index >= 15 is 0 Å². The van der Waals surface area contributed by atoms with Crippen LogP contribution in [0.3, 0.4) is 0 Å². The number of pyridine rings is 2. The first-order valence-electron chi connectivity index (χ1n) is 11.0. The molecule has 1 unspecified atom stereocenters. The van der Waals surface area contributed by atoms with Crippen LogP contribution in [0.25, 0.3) is 0 Å². The molecule has 0 bridgehead atoms. The summed E-state index contributed by atoms with van der Waals surface area (Å²) < 4.78 is 54.6. The van der Waals surface area contributed by atoms with E-state index < -0.39 is 32.6 Å². The normalized spacial score (nSPS) is 17.3. The Hall–Kier alpha value is -3.60. The summed E-state index contributed by atoms with van der Waals surface area (Å²) in [6.45, 7) is 6.94. The molecule has 0 saturated carbocycles. The van der Waals surface area contributed by atoms with Crippen LogP contribution in [0.1, 0.15) is 37.6 Å². The fourth-order valence-corrected chi connectivity index (χ4v) is 4.92. The van der Waals surface area contributed by atoms with Crippen LogP contribution in [-0.4, -0.2) is 36.4 Å². The summed E-state index contributed by atoms with van der Waals surface area (Å²) in [4.78, 5) is 23.5. The van der Waals surface area contributed by atoms with Gasteiger partial charge in [-0.3, -0.25) is 4.79 Å². The van der Waals surface area contributed by atoms with Crippen molar-refractivity contribution in [3.63, 3.8) is 0 Å². The number of carbonyl (C=O) groups is 1. The van der Waals surface area contributed by atoms with Crippen LogP contribution in [0.2, 0.25) is 0 Å². The number of hydrogen-bond donors (Lipinski definition) is 2. The zero-order chi connectivity index (χ0) is 25.4. The topological polar surface area (TPSA) is 104 Å². The van der Waals surface area contributed by atoms with E-state index in [4.69, 9.17) is 0 Å². The second kappa shape index (κ2) is 9.21. The van der Waals surface area contributed by atoms with E-state index in [1.165, 1.54) is 30.3 Å². The van der Waals surface area contributed by atoms with E-state index in [9.17, 15) is 22.0 Å². The number of rotatable bonds is 6. The molecule has 2 N–H and O–H groups in total. The van der Waals surface area contributed by atoms with Gasteiger partial charge in [-0.25, -0.2) is 23.5 Å². The molecule has 184 valence electrons. The maximum atomic E-state index is 13.5. The minimum absolute atomic E-state index is 0.0706. The minimum Gasteiger partial charge on any atom is -0.351 e. The van der Waals surface area contributed by atoms with Gasteiger partial charge in [-0.1, -0.05) is 13.0 Å². The van der Waals surface area contributed by atoms with Gasteiger partial charge >= 0.3 is 0 Å². The SMILES string of the molecule is CC1CCN(c2ncccc2C(=O)NS(=O)(=O)c2cccc(Nc3ccc(F)c(F)c3)n2)C1(C)C. The van der Waals surface area contributed by atoms with Gasteiger partial charge in [0, 0.05) is 30.0 Å². The number of sulfonamides is 1. The first-order chi connectivity index (χ1) is 16.5. The molecule has 1 fully saturated rings. The summed E-state index contributed by atoms with van der Waals surface area (Å²) in [5, 5.41) is 2.30. The number of hydrogen-bond acceptors (Lipinski definition) is 7. The lowest BCUT2D eigenvalue weighted by molar-refractivity contribution is 0.0981. The van der Waals surface area contributed by atoms with Crippen LogP contribution >= 0.6 is 0 Å². The van der Waals surface area contributed by atoms with Crippen LogP contribution < -0.4 is 14.9 Å². The van der Waals surface area contributed by atoms with Crippen LogP contribution in [0.4, 0.5) is 26.1 Å². The highest BCUT2D eigenvalue weighted by atomic mass is 32.2. The van der Waals surface area contributed by atoms with Gasteiger partial charge in [-0.2, -0.15) is 8.42 Å². The zero-order valence-electron chi connectivity index (χ0n) is 19.4. The van der Waals surface area contributed by atoms with Crippen molar-refractivity contribution in [1.82, 2.24) is 14.7 Å². The van der Waals surface area contributed by atoms with Gasteiger partial charge in [0.05, 0.1) is 5.56 Å². The van der Waals surface area contributed by atoms with Gasteiger partial charge in [0.15, 0.2) is 16.7 Å². The van der Waals surface area contributed by atoms with Crippen molar-refractivity contribution in [1.29, 1.82) is 0 Å². The Balaban J connectivity index is 1.57. The number of benzene rings is 1. The third-order valence-corrected chi connectivity index (χ3v) is 7.62. The lowest BCUT2D eigenvalue weighted by Gasteiger charge is -2.36. The number of nitrogens with one attached hydrogen (secondary N) is 2. The summed E-state index contributed by atoms with van der Waals surface area (Å²) in [5.74, 6) is -2.06. The molecule has 0 radical (unpaired) electrons. The predicted octanol–water partition coefficient (Wildman–Crippen LogP) is 4.24. The molecule has 11 heteroatoms. The second-order valence-corrected chi connectivity index (χ2v) is 10.5. The highest BCUT2D eigenvalue weighted by Crippen LogP contribution is 2.38. The molecule has 1 amide bonds. The van der Waals surface area contributed by atoms with Crippen molar-refractivity contribution in [2.75, 3.05) is 16.8 Å². The number of anilines is 3. The minimum atomic E-state index is -4.35. The lowest BCUT2D eigenvalue weighted by Crippen LogP contribution is -2.43. The third-order valence-electron chi connectivity index (χ3n) is 6.39. The molecule has 4 rings (SSSR count). The van der Waals surface area contributed by atoms with Crippen molar-refractivity contribution in [2.45, 2.75) is 37.8 Å². The molecule has 1 saturated heterocycles. The Morgan fingerprint density at radius 1 is 1.11 bits per heavy atom. The van der Waals surface area contributed by atoms with E-state index in [1.807, 2.05) is 4.90 Å². The Bertz CT molecular complexity index is 1380. The predicted molar refractivity (Wildman–Crippen MR) is 128 cm³/mol. The average molecular weight is 502 g/mol. The van der Waals surface area contributed by atoms with Crippen molar-refractivity contribution >= 4 is 33.3 Å². The monoisotopic (exact) mass is 501 g/mol. The Morgan fingerprint density at radius 3 is 2.57 bits per heavy atom. The molecular formula is C24H25F2N5O3S. The van der Waals surface area contributed by atoms with E-state index in [1.54, 1.807) is 12.3 Å². The largest absolute Gasteiger partial charge is 0.351 e. The fourth-order valence-electron chi connectivity index (χ4n) is 3.98. The molecule has 0 spiro atoms. The Kier molecular flexibility index (Phi) is 6.46. The van der Waals surface area contributed by atoms with Crippen molar-refractivity contribution < 1.29 is 22.0 Å². The lowest BCUT2D eigenvalue weighted by atomic mass is 9.90. The number of aromatic nitrogens is 2. The van der Waals surface area contributed by atoms with Crippen LogP contribution in [0.5, 0.6) is 0 Å².